The van der Waals surface area contributed by atoms with Crippen LogP contribution in [0.5, 0.6) is 0 Å². The minimum atomic E-state index is 0.890. The fourth-order valence-electron chi connectivity index (χ4n) is 1.72. The Morgan fingerprint density at radius 3 is 2.88 bits per heavy atom. The average molecular weight is 210 g/mol. The molecule has 16 heavy (non-hydrogen) atoms. The van der Waals surface area contributed by atoms with Crippen molar-refractivity contribution in [1.82, 2.24) is 20.0 Å². The van der Waals surface area contributed by atoms with Gasteiger partial charge >= 0.3 is 0 Å². The van der Waals surface area contributed by atoms with E-state index in [1.807, 2.05) is 37.6 Å². The van der Waals surface area contributed by atoms with Gasteiger partial charge in [-0.05, 0) is 17.5 Å². The summed E-state index contributed by atoms with van der Waals surface area (Å²) < 4.78 is 1.70. The van der Waals surface area contributed by atoms with E-state index in [-0.39, 0.29) is 0 Å². The Bertz CT molecular complexity index is 642. The molecule has 0 bridgehead atoms. The van der Waals surface area contributed by atoms with E-state index < -0.39 is 0 Å². The first kappa shape index (κ1) is 9.03. The Morgan fingerprint density at radius 1 is 1.12 bits per heavy atom. The van der Waals surface area contributed by atoms with E-state index in [0.717, 1.165) is 22.0 Å². The third kappa shape index (κ3) is 1.44. The summed E-state index contributed by atoms with van der Waals surface area (Å²) >= 11 is 0. The smallest absolute Gasteiger partial charge is 0.113 e. The van der Waals surface area contributed by atoms with Crippen LogP contribution >= 0.6 is 0 Å². The van der Waals surface area contributed by atoms with Crippen molar-refractivity contribution < 1.29 is 0 Å². The first-order valence-corrected chi connectivity index (χ1v) is 5.03. The van der Waals surface area contributed by atoms with Crippen LogP contribution in [0.3, 0.4) is 0 Å². The van der Waals surface area contributed by atoms with Gasteiger partial charge in [0.25, 0.3) is 0 Å². The van der Waals surface area contributed by atoms with Crippen molar-refractivity contribution in [3.8, 4) is 11.3 Å². The number of aryl methyl sites for hydroxylation is 1. The van der Waals surface area contributed by atoms with Crippen molar-refractivity contribution in [2.45, 2.75) is 0 Å². The Labute approximate surface area is 92.6 Å². The zero-order valence-corrected chi connectivity index (χ0v) is 8.83. The highest BCUT2D eigenvalue weighted by molar-refractivity contribution is 5.85. The summed E-state index contributed by atoms with van der Waals surface area (Å²) in [6.45, 7) is 0. The Hall–Kier alpha value is -2.23. The lowest BCUT2D eigenvalue weighted by Gasteiger charge is -1.99. The maximum Gasteiger partial charge on any atom is 0.113 e. The second kappa shape index (κ2) is 3.41. The van der Waals surface area contributed by atoms with E-state index in [1.165, 1.54) is 0 Å². The summed E-state index contributed by atoms with van der Waals surface area (Å²) in [5, 5.41) is 10.3. The number of nitrogens with zero attached hydrogens (tertiary/aromatic N) is 4. The summed E-state index contributed by atoms with van der Waals surface area (Å²) in [5.74, 6) is 0. The number of aromatic nitrogens is 4. The molecule has 4 nitrogen and oxygen atoms in total. The molecule has 0 fully saturated rings. The highest BCUT2D eigenvalue weighted by atomic mass is 15.4. The van der Waals surface area contributed by atoms with Crippen molar-refractivity contribution in [1.29, 1.82) is 0 Å². The molecule has 0 spiro atoms. The van der Waals surface area contributed by atoms with Crippen LogP contribution in [-0.4, -0.2) is 20.0 Å². The molecule has 3 aromatic rings. The molecule has 78 valence electrons. The summed E-state index contributed by atoms with van der Waals surface area (Å²) in [6.07, 6.45) is 5.56. The standard InChI is InChI=1S/C12H10N4/c1-16-8-12(14-15-16)10-2-3-11-7-13-5-4-9(11)6-10/h2-8H,1H3. The first-order valence-electron chi connectivity index (χ1n) is 5.03. The molecule has 3 rings (SSSR count). The number of pyridine rings is 1. The Kier molecular flexibility index (Phi) is 1.93. The molecule has 0 unspecified atom stereocenters. The third-order valence-corrected chi connectivity index (χ3v) is 2.54. The van der Waals surface area contributed by atoms with Gasteiger partial charge in [-0.15, -0.1) is 5.10 Å². The van der Waals surface area contributed by atoms with Crippen LogP contribution in [0.25, 0.3) is 22.0 Å². The normalized spacial score (nSPS) is 10.8. The lowest BCUT2D eigenvalue weighted by atomic mass is 10.1. The number of fused-ring (bicyclic) bond motifs is 1. The van der Waals surface area contributed by atoms with Crippen LogP contribution in [0.1, 0.15) is 0 Å². The molecule has 0 saturated carbocycles. The highest BCUT2D eigenvalue weighted by Crippen LogP contribution is 2.21. The van der Waals surface area contributed by atoms with Crippen LogP contribution < -0.4 is 0 Å². The summed E-state index contributed by atoms with van der Waals surface area (Å²) in [7, 11) is 1.86. The number of rotatable bonds is 1. The monoisotopic (exact) mass is 210 g/mol. The third-order valence-electron chi connectivity index (χ3n) is 2.54. The molecular formula is C12H10N4. The van der Waals surface area contributed by atoms with E-state index in [4.69, 9.17) is 0 Å². The fraction of sp³-hybridized carbons (Fsp3) is 0.0833. The van der Waals surface area contributed by atoms with Crippen molar-refractivity contribution >= 4 is 10.8 Å². The summed E-state index contributed by atoms with van der Waals surface area (Å²) in [5.41, 5.74) is 1.97. The molecule has 0 N–H and O–H groups in total. The Balaban J connectivity index is 2.18. The van der Waals surface area contributed by atoms with Gasteiger partial charge in [0.2, 0.25) is 0 Å². The maximum atomic E-state index is 4.09. The molecule has 4 heteroatoms. The molecule has 0 amide bonds. The Morgan fingerprint density at radius 2 is 2.06 bits per heavy atom. The van der Waals surface area contributed by atoms with Gasteiger partial charge in [-0.1, -0.05) is 17.3 Å². The van der Waals surface area contributed by atoms with Crippen molar-refractivity contribution in [3.05, 3.63) is 42.9 Å². The second-order valence-electron chi connectivity index (χ2n) is 3.72. The average Bonchev–Trinajstić information content (AvgIpc) is 2.75. The molecule has 1 aromatic carbocycles. The zero-order chi connectivity index (χ0) is 11.0. The van der Waals surface area contributed by atoms with Crippen molar-refractivity contribution in [2.75, 3.05) is 0 Å². The van der Waals surface area contributed by atoms with Crippen molar-refractivity contribution in [3.63, 3.8) is 0 Å². The molecule has 2 aromatic heterocycles. The molecule has 0 radical (unpaired) electrons. The maximum absolute atomic E-state index is 4.09. The number of hydrogen-bond acceptors (Lipinski definition) is 3. The van der Waals surface area contributed by atoms with Crippen LogP contribution in [0.4, 0.5) is 0 Å². The van der Waals surface area contributed by atoms with E-state index in [9.17, 15) is 0 Å². The van der Waals surface area contributed by atoms with Gasteiger partial charge in [0.15, 0.2) is 0 Å². The molecule has 0 atom stereocenters. The van der Waals surface area contributed by atoms with Crippen LogP contribution in [0.2, 0.25) is 0 Å². The molecule has 0 aliphatic carbocycles. The number of hydrogen-bond donors (Lipinski definition) is 0. The fourth-order valence-corrected chi connectivity index (χ4v) is 1.72. The van der Waals surface area contributed by atoms with Gasteiger partial charge in [0, 0.05) is 30.4 Å². The van der Waals surface area contributed by atoms with Gasteiger partial charge in [0.05, 0.1) is 6.20 Å². The summed E-state index contributed by atoms with van der Waals surface area (Å²) in [6, 6.07) is 8.18. The van der Waals surface area contributed by atoms with Gasteiger partial charge in [0.1, 0.15) is 5.69 Å². The van der Waals surface area contributed by atoms with E-state index in [1.54, 1.807) is 10.9 Å². The number of benzene rings is 1. The molecule has 0 saturated heterocycles. The topological polar surface area (TPSA) is 43.6 Å². The largest absolute Gasteiger partial charge is 0.264 e. The van der Waals surface area contributed by atoms with Crippen LogP contribution in [0, 0.1) is 0 Å². The van der Waals surface area contributed by atoms with E-state index in [2.05, 4.69) is 21.4 Å². The second-order valence-corrected chi connectivity index (χ2v) is 3.72. The molecular weight excluding hydrogens is 200 g/mol. The predicted octanol–water partition coefficient (Wildman–Crippen LogP) is 2.03. The SMILES string of the molecule is Cn1cc(-c2ccc3cnccc3c2)nn1. The molecule has 0 aliphatic heterocycles. The van der Waals surface area contributed by atoms with Gasteiger partial charge in [-0.25, -0.2) is 0 Å². The zero-order valence-electron chi connectivity index (χ0n) is 8.83. The van der Waals surface area contributed by atoms with Gasteiger partial charge < -0.3 is 0 Å². The van der Waals surface area contributed by atoms with Gasteiger partial charge in [-0.3, -0.25) is 9.67 Å². The van der Waals surface area contributed by atoms with E-state index in [0.29, 0.717) is 0 Å². The van der Waals surface area contributed by atoms with Gasteiger partial charge in [-0.2, -0.15) is 0 Å². The van der Waals surface area contributed by atoms with Crippen LogP contribution in [0.15, 0.2) is 42.9 Å². The predicted molar refractivity (Wildman–Crippen MR) is 61.7 cm³/mol. The quantitative estimate of drug-likeness (QED) is 0.617. The lowest BCUT2D eigenvalue weighted by molar-refractivity contribution is 0.715. The molecule has 0 aliphatic rings. The lowest BCUT2D eigenvalue weighted by Crippen LogP contribution is -1.85. The van der Waals surface area contributed by atoms with Crippen LogP contribution in [-0.2, 0) is 7.05 Å². The minimum Gasteiger partial charge on any atom is -0.264 e. The molecule has 2 heterocycles. The van der Waals surface area contributed by atoms with Crippen molar-refractivity contribution in [2.24, 2.45) is 7.05 Å². The highest BCUT2D eigenvalue weighted by Gasteiger charge is 2.02. The first-order chi connectivity index (χ1) is 7.83. The van der Waals surface area contributed by atoms with E-state index >= 15 is 0 Å². The minimum absolute atomic E-state index is 0.890. The summed E-state index contributed by atoms with van der Waals surface area (Å²) in [4.78, 5) is 4.09.